The number of hydrogen-bond donors (Lipinski definition) is 1. The molecule has 1 N–H and O–H groups in total. The summed E-state index contributed by atoms with van der Waals surface area (Å²) < 4.78 is 0. The van der Waals surface area contributed by atoms with Gasteiger partial charge in [0.1, 0.15) is 0 Å². The molecule has 1 atom stereocenters. The van der Waals surface area contributed by atoms with Crippen LogP contribution in [0.15, 0.2) is 48.5 Å². The topological polar surface area (TPSA) is 29.1 Å². The predicted molar refractivity (Wildman–Crippen MR) is 97.2 cm³/mol. The maximum Gasteiger partial charge on any atom is 0.227 e. The zero-order chi connectivity index (χ0) is 17.1. The highest BCUT2D eigenvalue weighted by atomic mass is 16.2. The Morgan fingerprint density at radius 3 is 1.88 bits per heavy atom. The number of benzene rings is 2. The van der Waals surface area contributed by atoms with Crippen LogP contribution in [-0.2, 0) is 4.79 Å². The van der Waals surface area contributed by atoms with Crippen LogP contribution in [0.4, 0.5) is 0 Å². The third kappa shape index (κ3) is 2.12. The van der Waals surface area contributed by atoms with Crippen LogP contribution in [0.1, 0.15) is 68.2 Å². The fourth-order valence-corrected chi connectivity index (χ4v) is 4.67. The van der Waals surface area contributed by atoms with Gasteiger partial charge in [-0.2, -0.15) is 0 Å². The summed E-state index contributed by atoms with van der Waals surface area (Å²) in [4.78, 5) is 13.2. The normalized spacial score (nSPS) is 27.3. The van der Waals surface area contributed by atoms with Crippen LogP contribution in [0.25, 0.3) is 0 Å². The molecule has 1 amide bonds. The molecule has 124 valence electrons. The van der Waals surface area contributed by atoms with Gasteiger partial charge in [-0.25, -0.2) is 0 Å². The van der Waals surface area contributed by atoms with Gasteiger partial charge in [-0.1, -0.05) is 48.5 Å². The first kappa shape index (κ1) is 15.4. The van der Waals surface area contributed by atoms with Gasteiger partial charge < -0.3 is 5.32 Å². The third-order valence-corrected chi connectivity index (χ3v) is 5.64. The van der Waals surface area contributed by atoms with Crippen molar-refractivity contribution in [2.45, 2.75) is 51.5 Å². The summed E-state index contributed by atoms with van der Waals surface area (Å²) in [6.07, 6.45) is 0.883. The van der Waals surface area contributed by atoms with Crippen LogP contribution in [-0.4, -0.2) is 11.4 Å². The summed E-state index contributed by atoms with van der Waals surface area (Å²) in [6.45, 7) is 8.31. The van der Waals surface area contributed by atoms with Gasteiger partial charge in [0.2, 0.25) is 5.91 Å². The molecule has 0 fully saturated rings. The summed E-state index contributed by atoms with van der Waals surface area (Å²) in [5, 5.41) is 3.24. The Labute approximate surface area is 144 Å². The standard InChI is InChI=1S/C22H25NO/c1-21(2,3)23-20(24)22(4)13-18-14-9-5-7-11-16(14)19(22)17-12-8-6-10-15(17)18/h5-12,18-19H,13H2,1-4H3,(H,23,24)/t18?,19?,22-/m0/s1. The molecule has 2 nitrogen and oxygen atoms in total. The Balaban J connectivity index is 1.88. The Bertz CT molecular complexity index is 769. The fourth-order valence-electron chi connectivity index (χ4n) is 4.67. The van der Waals surface area contributed by atoms with E-state index < -0.39 is 5.41 Å². The molecule has 0 aliphatic heterocycles. The molecule has 2 aromatic rings. The maximum absolute atomic E-state index is 13.2. The van der Waals surface area contributed by atoms with Crippen LogP contribution in [0.5, 0.6) is 0 Å². The number of carbonyl (C=O) groups is 1. The molecule has 5 rings (SSSR count). The van der Waals surface area contributed by atoms with E-state index in [1.165, 1.54) is 22.3 Å². The third-order valence-electron chi connectivity index (χ3n) is 5.64. The van der Waals surface area contributed by atoms with E-state index in [0.717, 1.165) is 6.42 Å². The van der Waals surface area contributed by atoms with Crippen molar-refractivity contribution < 1.29 is 4.79 Å². The molecular formula is C22H25NO. The summed E-state index contributed by atoms with van der Waals surface area (Å²) in [5.41, 5.74) is 4.86. The second-order valence-electron chi connectivity index (χ2n) is 8.57. The van der Waals surface area contributed by atoms with Crippen LogP contribution < -0.4 is 5.32 Å². The molecular weight excluding hydrogens is 294 g/mol. The zero-order valence-electron chi connectivity index (χ0n) is 14.9. The first-order valence-electron chi connectivity index (χ1n) is 8.81. The minimum Gasteiger partial charge on any atom is -0.351 e. The molecule has 3 aliphatic rings. The monoisotopic (exact) mass is 319 g/mol. The van der Waals surface area contributed by atoms with Crippen LogP contribution >= 0.6 is 0 Å². The molecule has 0 heterocycles. The average molecular weight is 319 g/mol. The van der Waals surface area contributed by atoms with E-state index in [9.17, 15) is 4.79 Å². The summed E-state index contributed by atoms with van der Waals surface area (Å²) >= 11 is 0. The largest absolute Gasteiger partial charge is 0.351 e. The van der Waals surface area contributed by atoms with Gasteiger partial charge in [0.25, 0.3) is 0 Å². The second-order valence-corrected chi connectivity index (χ2v) is 8.57. The first-order valence-corrected chi connectivity index (χ1v) is 8.81. The van der Waals surface area contributed by atoms with Crippen molar-refractivity contribution in [3.8, 4) is 0 Å². The van der Waals surface area contributed by atoms with Gasteiger partial charge in [0.15, 0.2) is 0 Å². The maximum atomic E-state index is 13.2. The summed E-state index contributed by atoms with van der Waals surface area (Å²) in [7, 11) is 0. The summed E-state index contributed by atoms with van der Waals surface area (Å²) in [6, 6.07) is 17.3. The Morgan fingerprint density at radius 1 is 0.958 bits per heavy atom. The van der Waals surface area contributed by atoms with Crippen molar-refractivity contribution in [3.05, 3.63) is 70.8 Å². The van der Waals surface area contributed by atoms with Gasteiger partial charge in [0.05, 0.1) is 5.41 Å². The molecule has 0 radical (unpaired) electrons. The molecule has 2 aromatic carbocycles. The lowest BCUT2D eigenvalue weighted by molar-refractivity contribution is -0.133. The minimum absolute atomic E-state index is 0.136. The first-order chi connectivity index (χ1) is 11.3. The van der Waals surface area contributed by atoms with Crippen molar-refractivity contribution in [3.63, 3.8) is 0 Å². The molecule has 0 saturated carbocycles. The molecule has 2 heteroatoms. The van der Waals surface area contributed by atoms with Crippen LogP contribution in [0.3, 0.4) is 0 Å². The van der Waals surface area contributed by atoms with E-state index in [-0.39, 0.29) is 17.4 Å². The van der Waals surface area contributed by atoms with Gasteiger partial charge >= 0.3 is 0 Å². The number of nitrogens with one attached hydrogen (secondary N) is 1. The quantitative estimate of drug-likeness (QED) is 0.818. The molecule has 3 aliphatic carbocycles. The molecule has 0 aromatic heterocycles. The zero-order valence-corrected chi connectivity index (χ0v) is 14.9. The lowest BCUT2D eigenvalue weighted by Crippen LogP contribution is -2.53. The van der Waals surface area contributed by atoms with Crippen molar-refractivity contribution >= 4 is 5.91 Å². The number of carbonyl (C=O) groups excluding carboxylic acids is 1. The van der Waals surface area contributed by atoms with Crippen molar-refractivity contribution in [1.29, 1.82) is 0 Å². The van der Waals surface area contributed by atoms with Gasteiger partial charge in [0, 0.05) is 17.4 Å². The van der Waals surface area contributed by atoms with Gasteiger partial charge in [-0.05, 0) is 56.4 Å². The highest BCUT2D eigenvalue weighted by Crippen LogP contribution is 2.60. The molecule has 2 bridgehead atoms. The Kier molecular flexibility index (Phi) is 3.19. The van der Waals surface area contributed by atoms with E-state index >= 15 is 0 Å². The van der Waals surface area contributed by atoms with E-state index in [2.05, 4.69) is 81.5 Å². The SMILES string of the molecule is CC(C)(C)NC(=O)[C@@]1(C)CC2c3ccccc3C1c1ccccc12. The predicted octanol–water partition coefficient (Wildman–Crippen LogP) is 4.59. The van der Waals surface area contributed by atoms with Crippen molar-refractivity contribution in [1.82, 2.24) is 5.32 Å². The van der Waals surface area contributed by atoms with E-state index in [4.69, 9.17) is 0 Å². The van der Waals surface area contributed by atoms with Crippen LogP contribution in [0.2, 0.25) is 0 Å². The smallest absolute Gasteiger partial charge is 0.227 e. The second kappa shape index (κ2) is 4.95. The minimum atomic E-state index is -0.402. The molecule has 0 spiro atoms. The van der Waals surface area contributed by atoms with E-state index in [1.54, 1.807) is 0 Å². The number of fused-ring (bicyclic) bond motifs is 1. The number of hydrogen-bond acceptors (Lipinski definition) is 1. The van der Waals surface area contributed by atoms with Crippen molar-refractivity contribution in [2.75, 3.05) is 0 Å². The molecule has 0 saturated heterocycles. The molecule has 24 heavy (non-hydrogen) atoms. The Hall–Kier alpha value is -2.09. The lowest BCUT2D eigenvalue weighted by atomic mass is 9.52. The lowest BCUT2D eigenvalue weighted by Gasteiger charge is -2.51. The van der Waals surface area contributed by atoms with Crippen molar-refractivity contribution in [2.24, 2.45) is 5.41 Å². The average Bonchev–Trinajstić information content (AvgIpc) is 2.53. The van der Waals surface area contributed by atoms with E-state index in [1.807, 2.05) is 0 Å². The Morgan fingerprint density at radius 2 is 1.42 bits per heavy atom. The van der Waals surface area contributed by atoms with Crippen LogP contribution in [0, 0.1) is 5.41 Å². The fraction of sp³-hybridized carbons (Fsp3) is 0.409. The van der Waals surface area contributed by atoms with E-state index in [0.29, 0.717) is 5.92 Å². The van der Waals surface area contributed by atoms with Gasteiger partial charge in [-0.3, -0.25) is 4.79 Å². The molecule has 0 unspecified atom stereocenters. The summed E-state index contributed by atoms with van der Waals surface area (Å²) in [5.74, 6) is 0.629. The number of amides is 1. The highest BCUT2D eigenvalue weighted by molar-refractivity contribution is 5.86. The van der Waals surface area contributed by atoms with Gasteiger partial charge in [-0.15, -0.1) is 0 Å². The number of rotatable bonds is 1. The highest BCUT2D eigenvalue weighted by Gasteiger charge is 2.54.